The Hall–Kier alpha value is -2.92. The molecular weight excluding hydrogens is 312 g/mol. The second kappa shape index (κ2) is 6.06. The van der Waals surface area contributed by atoms with Crippen LogP contribution in [0.3, 0.4) is 0 Å². The standard InChI is InChI=1S/C18H12O4S/c19-13-5-1-11(2-6-13)17(21)15-9-10-16(23-15)18(22)12-3-7-14(20)8-4-12/h1-10,19-20H. The van der Waals surface area contributed by atoms with Crippen LogP contribution in [-0.2, 0) is 0 Å². The molecule has 0 fully saturated rings. The molecular formula is C18H12O4S. The summed E-state index contributed by atoms with van der Waals surface area (Å²) >= 11 is 1.12. The van der Waals surface area contributed by atoms with Gasteiger partial charge in [-0.05, 0) is 60.7 Å². The third kappa shape index (κ3) is 3.14. The van der Waals surface area contributed by atoms with Crippen LogP contribution in [0.4, 0.5) is 0 Å². The topological polar surface area (TPSA) is 74.6 Å². The Morgan fingerprint density at radius 3 is 1.30 bits per heavy atom. The second-order valence-electron chi connectivity index (χ2n) is 4.92. The molecule has 1 heterocycles. The zero-order chi connectivity index (χ0) is 16.4. The predicted molar refractivity (Wildman–Crippen MR) is 87.4 cm³/mol. The lowest BCUT2D eigenvalue weighted by atomic mass is 10.1. The molecule has 0 unspecified atom stereocenters. The van der Waals surface area contributed by atoms with Gasteiger partial charge >= 0.3 is 0 Å². The van der Waals surface area contributed by atoms with E-state index in [1.807, 2.05) is 0 Å². The normalized spacial score (nSPS) is 10.4. The summed E-state index contributed by atoms with van der Waals surface area (Å²) in [5.41, 5.74) is 0.904. The van der Waals surface area contributed by atoms with Gasteiger partial charge in [0.2, 0.25) is 11.6 Å². The number of ketones is 2. The van der Waals surface area contributed by atoms with Crippen molar-refractivity contribution in [1.29, 1.82) is 0 Å². The molecule has 0 aliphatic carbocycles. The van der Waals surface area contributed by atoms with Gasteiger partial charge in [0.25, 0.3) is 0 Å². The van der Waals surface area contributed by atoms with Crippen molar-refractivity contribution in [3.05, 3.63) is 81.5 Å². The fourth-order valence-corrected chi connectivity index (χ4v) is 3.02. The van der Waals surface area contributed by atoms with Gasteiger partial charge in [-0.25, -0.2) is 0 Å². The fraction of sp³-hybridized carbons (Fsp3) is 0. The molecule has 0 saturated carbocycles. The molecule has 2 aromatic carbocycles. The van der Waals surface area contributed by atoms with Crippen molar-refractivity contribution in [2.45, 2.75) is 0 Å². The van der Waals surface area contributed by atoms with Crippen molar-refractivity contribution < 1.29 is 19.8 Å². The van der Waals surface area contributed by atoms with E-state index in [0.29, 0.717) is 20.9 Å². The first-order valence-corrected chi connectivity index (χ1v) is 7.63. The minimum Gasteiger partial charge on any atom is -0.508 e. The number of carbonyl (C=O) groups excluding carboxylic acids is 2. The average molecular weight is 324 g/mol. The number of benzene rings is 2. The van der Waals surface area contributed by atoms with Gasteiger partial charge < -0.3 is 10.2 Å². The molecule has 1 aromatic heterocycles. The Bertz CT molecular complexity index is 789. The molecule has 2 N–H and O–H groups in total. The summed E-state index contributed by atoms with van der Waals surface area (Å²) in [5.74, 6) is -0.202. The summed E-state index contributed by atoms with van der Waals surface area (Å²) in [6.07, 6.45) is 0. The molecule has 3 aromatic rings. The maximum absolute atomic E-state index is 12.4. The zero-order valence-corrected chi connectivity index (χ0v) is 12.7. The fourth-order valence-electron chi connectivity index (χ4n) is 2.09. The largest absolute Gasteiger partial charge is 0.508 e. The monoisotopic (exact) mass is 324 g/mol. The Morgan fingerprint density at radius 2 is 0.957 bits per heavy atom. The smallest absolute Gasteiger partial charge is 0.202 e. The number of phenolic OH excluding ortho intramolecular Hbond substituents is 2. The minimum atomic E-state index is -0.195. The van der Waals surface area contributed by atoms with Gasteiger partial charge in [0.1, 0.15) is 11.5 Å². The third-order valence-electron chi connectivity index (χ3n) is 3.31. The van der Waals surface area contributed by atoms with E-state index < -0.39 is 0 Å². The molecule has 5 heteroatoms. The molecule has 0 atom stereocenters. The Balaban J connectivity index is 1.85. The van der Waals surface area contributed by atoms with E-state index in [9.17, 15) is 19.8 Å². The Kier molecular flexibility index (Phi) is 3.95. The molecule has 0 spiro atoms. The van der Waals surface area contributed by atoms with Crippen LogP contribution >= 0.6 is 11.3 Å². The summed E-state index contributed by atoms with van der Waals surface area (Å²) in [6, 6.07) is 15.2. The summed E-state index contributed by atoms with van der Waals surface area (Å²) in [6.45, 7) is 0. The summed E-state index contributed by atoms with van der Waals surface area (Å²) < 4.78 is 0. The number of phenols is 2. The minimum absolute atomic E-state index is 0.0935. The lowest BCUT2D eigenvalue weighted by Gasteiger charge is -1.99. The lowest BCUT2D eigenvalue weighted by Crippen LogP contribution is -1.99. The van der Waals surface area contributed by atoms with E-state index in [2.05, 4.69) is 0 Å². The average Bonchev–Trinajstić information content (AvgIpc) is 3.05. The molecule has 0 bridgehead atoms. The zero-order valence-electron chi connectivity index (χ0n) is 11.9. The van der Waals surface area contributed by atoms with Gasteiger partial charge in [-0.1, -0.05) is 0 Å². The van der Waals surface area contributed by atoms with Gasteiger partial charge in [0.15, 0.2) is 0 Å². The first kappa shape index (κ1) is 15.0. The van der Waals surface area contributed by atoms with Gasteiger partial charge in [0, 0.05) is 11.1 Å². The SMILES string of the molecule is O=C(c1ccc(O)cc1)c1ccc(C(=O)c2ccc(O)cc2)s1. The molecule has 0 aliphatic heterocycles. The predicted octanol–water partition coefficient (Wildman–Crippen LogP) is 3.62. The highest BCUT2D eigenvalue weighted by molar-refractivity contribution is 7.16. The number of hydrogen-bond acceptors (Lipinski definition) is 5. The van der Waals surface area contributed by atoms with Crippen molar-refractivity contribution in [2.75, 3.05) is 0 Å². The number of hydrogen-bond donors (Lipinski definition) is 2. The van der Waals surface area contributed by atoms with Crippen LogP contribution in [0, 0.1) is 0 Å². The van der Waals surface area contributed by atoms with Crippen LogP contribution in [0.2, 0.25) is 0 Å². The molecule has 0 saturated heterocycles. The molecule has 0 amide bonds. The molecule has 114 valence electrons. The van der Waals surface area contributed by atoms with Gasteiger partial charge in [-0.15, -0.1) is 11.3 Å². The third-order valence-corrected chi connectivity index (χ3v) is 4.40. The van der Waals surface area contributed by atoms with Gasteiger partial charge in [0.05, 0.1) is 9.75 Å². The van der Waals surface area contributed by atoms with Crippen molar-refractivity contribution in [1.82, 2.24) is 0 Å². The first-order chi connectivity index (χ1) is 11.0. The van der Waals surface area contributed by atoms with Crippen molar-refractivity contribution in [3.63, 3.8) is 0 Å². The highest BCUT2D eigenvalue weighted by atomic mass is 32.1. The van der Waals surface area contributed by atoms with E-state index in [-0.39, 0.29) is 23.1 Å². The van der Waals surface area contributed by atoms with E-state index in [1.165, 1.54) is 24.3 Å². The van der Waals surface area contributed by atoms with E-state index in [4.69, 9.17) is 0 Å². The van der Waals surface area contributed by atoms with Crippen LogP contribution < -0.4 is 0 Å². The number of carbonyl (C=O) groups is 2. The molecule has 0 radical (unpaired) electrons. The van der Waals surface area contributed by atoms with E-state index >= 15 is 0 Å². The Labute approximate surface area is 136 Å². The summed E-state index contributed by atoms with van der Waals surface area (Å²) in [7, 11) is 0. The summed E-state index contributed by atoms with van der Waals surface area (Å²) in [4.78, 5) is 25.6. The highest BCUT2D eigenvalue weighted by Crippen LogP contribution is 2.24. The lowest BCUT2D eigenvalue weighted by molar-refractivity contribution is 0.103. The van der Waals surface area contributed by atoms with E-state index in [1.54, 1.807) is 36.4 Å². The van der Waals surface area contributed by atoms with Crippen molar-refractivity contribution in [3.8, 4) is 11.5 Å². The first-order valence-electron chi connectivity index (χ1n) is 6.82. The van der Waals surface area contributed by atoms with Crippen LogP contribution in [0.25, 0.3) is 0 Å². The van der Waals surface area contributed by atoms with Crippen molar-refractivity contribution in [2.24, 2.45) is 0 Å². The van der Waals surface area contributed by atoms with Crippen LogP contribution in [0.15, 0.2) is 60.7 Å². The molecule has 0 aliphatic rings. The van der Waals surface area contributed by atoms with Crippen molar-refractivity contribution >= 4 is 22.9 Å². The van der Waals surface area contributed by atoms with Crippen LogP contribution in [0.1, 0.15) is 30.5 Å². The van der Waals surface area contributed by atoms with Gasteiger partial charge in [-0.2, -0.15) is 0 Å². The van der Waals surface area contributed by atoms with Gasteiger partial charge in [-0.3, -0.25) is 9.59 Å². The molecule has 4 nitrogen and oxygen atoms in total. The number of aromatic hydroxyl groups is 2. The molecule has 3 rings (SSSR count). The van der Waals surface area contributed by atoms with Crippen LogP contribution in [0.5, 0.6) is 11.5 Å². The maximum atomic E-state index is 12.4. The second-order valence-corrected chi connectivity index (χ2v) is 6.00. The quantitative estimate of drug-likeness (QED) is 0.719. The molecule has 23 heavy (non-hydrogen) atoms. The number of thiophene rings is 1. The number of rotatable bonds is 4. The van der Waals surface area contributed by atoms with Crippen LogP contribution in [-0.4, -0.2) is 21.8 Å². The van der Waals surface area contributed by atoms with E-state index in [0.717, 1.165) is 11.3 Å². The highest BCUT2D eigenvalue weighted by Gasteiger charge is 2.16. The summed E-state index contributed by atoms with van der Waals surface area (Å²) in [5, 5.41) is 18.5. The Morgan fingerprint density at radius 1 is 0.609 bits per heavy atom. The maximum Gasteiger partial charge on any atom is 0.202 e.